The first kappa shape index (κ1) is 26.0. The van der Waals surface area contributed by atoms with Crippen molar-refractivity contribution in [2.45, 2.75) is 84.0 Å². The second-order valence-electron chi connectivity index (χ2n) is 9.16. The maximum atomic E-state index is 8.80. The van der Waals surface area contributed by atoms with Crippen LogP contribution in [0.4, 0.5) is 0 Å². The van der Waals surface area contributed by atoms with Crippen LogP contribution in [0.2, 0.25) is 0 Å². The molecular weight excluding hydrogens is 422 g/mol. The minimum absolute atomic E-state index is 0.343. The largest absolute Gasteiger partial charge is 0.491 e. The van der Waals surface area contributed by atoms with Gasteiger partial charge in [-0.25, -0.2) is 0 Å². The van der Waals surface area contributed by atoms with E-state index < -0.39 is 0 Å². The molecule has 0 aliphatic heterocycles. The number of aliphatic hydroxyl groups is 1. The molecule has 34 heavy (non-hydrogen) atoms. The van der Waals surface area contributed by atoms with Crippen molar-refractivity contribution in [1.29, 1.82) is 0 Å². The van der Waals surface area contributed by atoms with Gasteiger partial charge in [0.25, 0.3) is 0 Å². The van der Waals surface area contributed by atoms with E-state index >= 15 is 0 Å². The molecule has 0 atom stereocenters. The maximum absolute atomic E-state index is 8.80. The van der Waals surface area contributed by atoms with Gasteiger partial charge in [-0.3, -0.25) is 0 Å². The van der Waals surface area contributed by atoms with Gasteiger partial charge >= 0.3 is 0 Å². The Morgan fingerprint density at radius 2 is 1.53 bits per heavy atom. The third-order valence-electron chi connectivity index (χ3n) is 6.17. The summed E-state index contributed by atoms with van der Waals surface area (Å²) in [6, 6.07) is 10.4. The van der Waals surface area contributed by atoms with Gasteiger partial charge < -0.3 is 24.8 Å². The van der Waals surface area contributed by atoms with Gasteiger partial charge in [0.05, 0.1) is 23.7 Å². The molecule has 0 aromatic carbocycles. The van der Waals surface area contributed by atoms with Crippen LogP contribution >= 0.6 is 0 Å². The lowest BCUT2D eigenvalue weighted by Gasteiger charge is -2.02. The highest BCUT2D eigenvalue weighted by Crippen LogP contribution is 2.27. The average Bonchev–Trinajstić information content (AvgIpc) is 3.60. The van der Waals surface area contributed by atoms with Crippen molar-refractivity contribution in [2.24, 2.45) is 0 Å². The number of aliphatic hydroxyl groups excluding tert-OH is 1. The van der Waals surface area contributed by atoms with E-state index in [4.69, 9.17) is 9.84 Å². The highest BCUT2D eigenvalue weighted by Gasteiger charge is 2.09. The number of aromatic amines is 3. The number of aromatic nitrogens is 3. The molecule has 0 bridgehead atoms. The Bertz CT molecular complexity index is 1030. The molecule has 0 unspecified atom stereocenters. The second-order valence-corrected chi connectivity index (χ2v) is 9.16. The summed E-state index contributed by atoms with van der Waals surface area (Å²) in [7, 11) is 0. The molecule has 0 amide bonds. The number of unbranched alkanes of at least 4 members (excludes halogenated alkanes) is 10. The van der Waals surface area contributed by atoms with Crippen molar-refractivity contribution in [3.05, 3.63) is 52.9 Å². The zero-order chi connectivity index (χ0) is 23.8. The fourth-order valence-electron chi connectivity index (χ4n) is 4.25. The van der Waals surface area contributed by atoms with E-state index in [0.717, 1.165) is 47.4 Å². The molecule has 186 valence electrons. The molecule has 3 aromatic heterocycles. The van der Waals surface area contributed by atoms with Gasteiger partial charge in [-0.15, -0.1) is 0 Å². The lowest BCUT2D eigenvalue weighted by Crippen LogP contribution is -2.09. The molecule has 0 fully saturated rings. The van der Waals surface area contributed by atoms with Gasteiger partial charge in [-0.2, -0.15) is 0 Å². The molecule has 3 rings (SSSR count). The maximum Gasteiger partial charge on any atom is 0.144 e. The first-order valence-electron chi connectivity index (χ1n) is 13.3. The molecule has 0 radical (unpaired) electrons. The van der Waals surface area contributed by atoms with E-state index in [0.29, 0.717) is 13.2 Å². The molecule has 0 saturated heterocycles. The molecule has 0 spiro atoms. The van der Waals surface area contributed by atoms with Crippen LogP contribution in [0.5, 0.6) is 5.75 Å². The molecule has 5 heteroatoms. The summed E-state index contributed by atoms with van der Waals surface area (Å²) < 4.78 is 5.99. The Morgan fingerprint density at radius 1 is 0.824 bits per heavy atom. The van der Waals surface area contributed by atoms with Crippen LogP contribution < -0.4 is 15.4 Å². The molecule has 4 N–H and O–H groups in total. The van der Waals surface area contributed by atoms with Crippen molar-refractivity contribution in [2.75, 3.05) is 13.2 Å². The number of rotatable bonds is 17. The van der Waals surface area contributed by atoms with Crippen molar-refractivity contribution < 1.29 is 9.84 Å². The minimum Gasteiger partial charge on any atom is -0.491 e. The molecule has 5 nitrogen and oxygen atoms in total. The Hall–Kier alpha value is -2.66. The molecule has 0 saturated carbocycles. The van der Waals surface area contributed by atoms with E-state index in [9.17, 15) is 0 Å². The van der Waals surface area contributed by atoms with Gasteiger partial charge in [0.2, 0.25) is 0 Å². The van der Waals surface area contributed by atoms with Gasteiger partial charge in [0, 0.05) is 29.6 Å². The molecule has 3 aromatic rings. The standard InChI is InChI=1S/C29H43N3O2/c1-2-21-34-29-23-27(26-16-14-19-30-26)32-28(29)22-25-18-17-24(31-25)15-12-10-8-6-4-3-5-7-9-11-13-20-33/h14-19,22-23,30-33H,2-13,20-21H2,1H3. The minimum atomic E-state index is 0.343. The van der Waals surface area contributed by atoms with Crippen molar-refractivity contribution >= 4 is 12.2 Å². The quantitative estimate of drug-likeness (QED) is 0.184. The van der Waals surface area contributed by atoms with Crippen molar-refractivity contribution in [3.63, 3.8) is 0 Å². The second kappa shape index (κ2) is 15.3. The smallest absolute Gasteiger partial charge is 0.144 e. The normalized spacial score (nSPS) is 12.6. The number of hydrogen-bond acceptors (Lipinski definition) is 2. The van der Waals surface area contributed by atoms with Crippen LogP contribution in [0.15, 0.2) is 36.5 Å². The van der Waals surface area contributed by atoms with Crippen molar-refractivity contribution in [1.82, 2.24) is 15.0 Å². The van der Waals surface area contributed by atoms with E-state index in [1.54, 1.807) is 0 Å². The summed E-state index contributed by atoms with van der Waals surface area (Å²) in [5, 5.41) is 11.1. The fraction of sp³-hybridized carbons (Fsp3) is 0.517. The summed E-state index contributed by atoms with van der Waals surface area (Å²) in [6.45, 7) is 3.17. The van der Waals surface area contributed by atoms with Crippen LogP contribution in [0.3, 0.4) is 0 Å². The SMILES string of the molecule is CCCOc1cc(-c2ccc[nH]2)[nH]c1C=c1ccc(=CCCCCCCCCCCCCO)[nH]1. The lowest BCUT2D eigenvalue weighted by atomic mass is 10.1. The van der Waals surface area contributed by atoms with Crippen LogP contribution in [0, 0.1) is 0 Å². The highest BCUT2D eigenvalue weighted by atomic mass is 16.5. The fourth-order valence-corrected chi connectivity index (χ4v) is 4.25. The Labute approximate surface area is 204 Å². The highest BCUT2D eigenvalue weighted by molar-refractivity contribution is 5.65. The summed E-state index contributed by atoms with van der Waals surface area (Å²) in [5.74, 6) is 0.886. The topological polar surface area (TPSA) is 76.8 Å². The number of H-pyrrole nitrogens is 3. The Balaban J connectivity index is 1.45. The predicted molar refractivity (Wildman–Crippen MR) is 142 cm³/mol. The predicted octanol–water partition coefficient (Wildman–Crippen LogP) is 6.02. The third kappa shape index (κ3) is 8.94. The van der Waals surface area contributed by atoms with Crippen molar-refractivity contribution in [3.8, 4) is 17.1 Å². The monoisotopic (exact) mass is 465 g/mol. The lowest BCUT2D eigenvalue weighted by molar-refractivity contribution is 0.282. The van der Waals surface area contributed by atoms with Crippen LogP contribution in [-0.4, -0.2) is 33.3 Å². The zero-order valence-electron chi connectivity index (χ0n) is 20.9. The van der Waals surface area contributed by atoms with Gasteiger partial charge in [0.15, 0.2) is 0 Å². The van der Waals surface area contributed by atoms with Gasteiger partial charge in [-0.05, 0) is 56.0 Å². The molecule has 0 aliphatic rings. The number of ether oxygens (including phenoxy) is 1. The summed E-state index contributed by atoms with van der Waals surface area (Å²) in [4.78, 5) is 10.3. The molecular formula is C29H43N3O2. The van der Waals surface area contributed by atoms with Crippen LogP contribution in [-0.2, 0) is 0 Å². The summed E-state index contributed by atoms with van der Waals surface area (Å²) in [6.07, 6.45) is 21.2. The van der Waals surface area contributed by atoms with E-state index in [2.05, 4.69) is 58.3 Å². The molecule has 0 aliphatic carbocycles. The Morgan fingerprint density at radius 3 is 2.21 bits per heavy atom. The van der Waals surface area contributed by atoms with Gasteiger partial charge in [0.1, 0.15) is 5.75 Å². The molecule has 3 heterocycles. The van der Waals surface area contributed by atoms with E-state index in [1.807, 2.05) is 12.3 Å². The average molecular weight is 466 g/mol. The Kier molecular flexibility index (Phi) is 11.7. The first-order valence-corrected chi connectivity index (χ1v) is 13.3. The van der Waals surface area contributed by atoms with Crippen LogP contribution in [0.25, 0.3) is 23.5 Å². The zero-order valence-corrected chi connectivity index (χ0v) is 20.9. The van der Waals surface area contributed by atoms with Crippen LogP contribution in [0.1, 0.15) is 89.7 Å². The summed E-state index contributed by atoms with van der Waals surface area (Å²) in [5.41, 5.74) is 3.07. The van der Waals surface area contributed by atoms with E-state index in [1.165, 1.54) is 63.1 Å². The van der Waals surface area contributed by atoms with E-state index in [-0.39, 0.29) is 0 Å². The summed E-state index contributed by atoms with van der Waals surface area (Å²) >= 11 is 0. The number of hydrogen-bond donors (Lipinski definition) is 4. The number of nitrogens with one attached hydrogen (secondary N) is 3. The van der Waals surface area contributed by atoms with Gasteiger partial charge in [-0.1, -0.05) is 64.4 Å². The third-order valence-corrected chi connectivity index (χ3v) is 6.17. The first-order chi connectivity index (χ1) is 16.8.